The van der Waals surface area contributed by atoms with E-state index < -0.39 is 11.8 Å². The normalized spacial score (nSPS) is 32.8. The third-order valence-electron chi connectivity index (χ3n) is 4.39. The quantitative estimate of drug-likeness (QED) is 0.737. The molecule has 2 saturated heterocycles. The summed E-state index contributed by atoms with van der Waals surface area (Å²) in [7, 11) is 2.13. The zero-order valence-corrected chi connectivity index (χ0v) is 11.0. The summed E-state index contributed by atoms with van der Waals surface area (Å²) in [5, 5.41) is 0. The minimum Gasteiger partial charge on any atom is -0.306 e. The Kier molecular flexibility index (Phi) is 4.03. The smallest absolute Gasteiger partial charge is 0.263 e. The summed E-state index contributed by atoms with van der Waals surface area (Å²) in [5.74, 6) is -2.31. The number of hydrogen-bond donors (Lipinski definition) is 0. The highest BCUT2D eigenvalue weighted by Gasteiger charge is 2.41. The second kappa shape index (κ2) is 5.19. The third kappa shape index (κ3) is 3.38. The van der Waals surface area contributed by atoms with E-state index in [9.17, 15) is 8.78 Å². The zero-order valence-electron chi connectivity index (χ0n) is 11.0. The Morgan fingerprint density at radius 1 is 1.12 bits per heavy atom. The second-order valence-electron chi connectivity index (χ2n) is 5.93. The fourth-order valence-corrected chi connectivity index (χ4v) is 2.89. The summed E-state index contributed by atoms with van der Waals surface area (Å²) < 4.78 is 27.2. The van der Waals surface area contributed by atoms with Gasteiger partial charge in [-0.05, 0) is 51.9 Å². The Labute approximate surface area is 103 Å². The zero-order chi connectivity index (χ0) is 12.5. The van der Waals surface area contributed by atoms with Crippen molar-refractivity contribution in [2.24, 2.45) is 11.8 Å². The van der Waals surface area contributed by atoms with E-state index in [1.54, 1.807) is 6.92 Å². The Morgan fingerprint density at radius 3 is 2.35 bits per heavy atom. The Balaban J connectivity index is 1.80. The number of nitrogens with zero attached hydrogens (tertiary/aromatic N) is 2. The largest absolute Gasteiger partial charge is 0.306 e. The monoisotopic (exact) mass is 246 g/mol. The average Bonchev–Trinajstić information content (AvgIpc) is 2.26. The molecule has 0 saturated carbocycles. The highest BCUT2D eigenvalue weighted by Crippen LogP contribution is 2.33. The highest BCUT2D eigenvalue weighted by atomic mass is 19.3. The maximum Gasteiger partial charge on any atom is 0.263 e. The van der Waals surface area contributed by atoms with Crippen molar-refractivity contribution >= 4 is 0 Å². The molecule has 1 atom stereocenters. The summed E-state index contributed by atoms with van der Waals surface area (Å²) in [6.45, 7) is 5.60. The second-order valence-corrected chi connectivity index (χ2v) is 5.93. The van der Waals surface area contributed by atoms with Gasteiger partial charge in [0.1, 0.15) is 0 Å². The Bertz CT molecular complexity index is 250. The van der Waals surface area contributed by atoms with Gasteiger partial charge in [-0.1, -0.05) is 6.92 Å². The van der Waals surface area contributed by atoms with Crippen molar-refractivity contribution in [3.05, 3.63) is 0 Å². The number of hydrogen-bond acceptors (Lipinski definition) is 2. The van der Waals surface area contributed by atoms with Crippen LogP contribution in [0.1, 0.15) is 26.2 Å². The molecule has 2 aliphatic rings. The van der Waals surface area contributed by atoms with E-state index in [0.717, 1.165) is 39.0 Å². The van der Waals surface area contributed by atoms with Crippen molar-refractivity contribution in [1.82, 2.24) is 9.80 Å². The lowest BCUT2D eigenvalue weighted by atomic mass is 9.92. The molecular formula is C13H24F2N2. The Morgan fingerprint density at radius 2 is 1.76 bits per heavy atom. The molecular weight excluding hydrogens is 222 g/mol. The molecule has 0 bridgehead atoms. The van der Waals surface area contributed by atoms with E-state index in [-0.39, 0.29) is 6.54 Å². The molecule has 2 aliphatic heterocycles. The molecule has 2 heterocycles. The van der Waals surface area contributed by atoms with Crippen LogP contribution in [-0.2, 0) is 0 Å². The minimum atomic E-state index is -2.48. The first kappa shape index (κ1) is 13.2. The van der Waals surface area contributed by atoms with Gasteiger partial charge in [0.2, 0.25) is 0 Å². The highest BCUT2D eigenvalue weighted by molar-refractivity contribution is 4.85. The fraction of sp³-hybridized carbons (Fsp3) is 1.00. The Hall–Kier alpha value is -0.220. The molecule has 0 radical (unpaired) electrons. The predicted molar refractivity (Wildman–Crippen MR) is 65.4 cm³/mol. The van der Waals surface area contributed by atoms with Crippen molar-refractivity contribution in [1.29, 1.82) is 0 Å². The van der Waals surface area contributed by atoms with E-state index in [4.69, 9.17) is 0 Å². The van der Waals surface area contributed by atoms with E-state index in [0.29, 0.717) is 12.3 Å². The van der Waals surface area contributed by atoms with Crippen LogP contribution in [-0.4, -0.2) is 55.5 Å². The minimum absolute atomic E-state index is 0.0273. The first-order chi connectivity index (χ1) is 7.97. The maximum atomic E-state index is 13.6. The van der Waals surface area contributed by atoms with Gasteiger partial charge in [-0.15, -0.1) is 0 Å². The molecule has 4 heteroatoms. The van der Waals surface area contributed by atoms with E-state index in [1.807, 2.05) is 4.90 Å². The van der Waals surface area contributed by atoms with Gasteiger partial charge in [-0.3, -0.25) is 4.90 Å². The summed E-state index contributed by atoms with van der Waals surface area (Å²) in [6.07, 6.45) is 2.96. The molecule has 0 amide bonds. The van der Waals surface area contributed by atoms with Crippen LogP contribution in [0.2, 0.25) is 0 Å². The fourth-order valence-electron chi connectivity index (χ4n) is 2.89. The van der Waals surface area contributed by atoms with Gasteiger partial charge in [-0.25, -0.2) is 8.78 Å². The van der Waals surface area contributed by atoms with Crippen molar-refractivity contribution < 1.29 is 8.78 Å². The summed E-state index contributed by atoms with van der Waals surface area (Å²) in [6, 6.07) is 0. The van der Waals surface area contributed by atoms with Gasteiger partial charge < -0.3 is 4.90 Å². The van der Waals surface area contributed by atoms with Crippen LogP contribution in [0.25, 0.3) is 0 Å². The SMILES string of the molecule is C[C@H]1CCN(CC2CCN(C)CC2)CC1(F)F. The third-order valence-corrected chi connectivity index (χ3v) is 4.39. The predicted octanol–water partition coefficient (Wildman–Crippen LogP) is 2.31. The van der Waals surface area contributed by atoms with Gasteiger partial charge in [0.15, 0.2) is 0 Å². The standard InChI is InChI=1S/C13H24F2N2/c1-11-3-8-17(10-13(11,14)15)9-12-4-6-16(2)7-5-12/h11-12H,3-10H2,1-2H3/t11-/m0/s1. The molecule has 100 valence electrons. The molecule has 2 fully saturated rings. The van der Waals surface area contributed by atoms with Gasteiger partial charge in [0.25, 0.3) is 5.92 Å². The van der Waals surface area contributed by atoms with Crippen LogP contribution in [0.15, 0.2) is 0 Å². The van der Waals surface area contributed by atoms with Crippen molar-refractivity contribution in [2.75, 3.05) is 39.8 Å². The lowest BCUT2D eigenvalue weighted by molar-refractivity contribution is -0.107. The molecule has 2 nitrogen and oxygen atoms in total. The molecule has 0 unspecified atom stereocenters. The van der Waals surface area contributed by atoms with Gasteiger partial charge >= 0.3 is 0 Å². The molecule has 0 N–H and O–H groups in total. The number of piperidine rings is 2. The van der Waals surface area contributed by atoms with Gasteiger partial charge in [0, 0.05) is 12.5 Å². The average molecular weight is 246 g/mol. The molecule has 2 rings (SSSR count). The number of rotatable bonds is 2. The molecule has 0 aromatic carbocycles. The first-order valence-corrected chi connectivity index (χ1v) is 6.76. The van der Waals surface area contributed by atoms with Gasteiger partial charge in [0.05, 0.1) is 6.54 Å². The lowest BCUT2D eigenvalue weighted by Crippen LogP contribution is -2.49. The molecule has 0 aliphatic carbocycles. The van der Waals surface area contributed by atoms with Crippen LogP contribution in [0, 0.1) is 11.8 Å². The van der Waals surface area contributed by atoms with E-state index in [2.05, 4.69) is 11.9 Å². The summed E-state index contributed by atoms with van der Waals surface area (Å²) in [5.41, 5.74) is 0. The topological polar surface area (TPSA) is 6.48 Å². The molecule has 0 aromatic heterocycles. The van der Waals surface area contributed by atoms with Crippen LogP contribution < -0.4 is 0 Å². The summed E-state index contributed by atoms with van der Waals surface area (Å²) in [4.78, 5) is 4.30. The van der Waals surface area contributed by atoms with Crippen LogP contribution >= 0.6 is 0 Å². The van der Waals surface area contributed by atoms with Crippen molar-refractivity contribution in [3.8, 4) is 0 Å². The lowest BCUT2D eigenvalue weighted by Gasteiger charge is -2.39. The number of likely N-dealkylation sites (tertiary alicyclic amines) is 2. The molecule has 0 spiro atoms. The van der Waals surface area contributed by atoms with Crippen LogP contribution in [0.3, 0.4) is 0 Å². The maximum absolute atomic E-state index is 13.6. The van der Waals surface area contributed by atoms with Crippen molar-refractivity contribution in [2.45, 2.75) is 32.1 Å². The van der Waals surface area contributed by atoms with Gasteiger partial charge in [-0.2, -0.15) is 0 Å². The van der Waals surface area contributed by atoms with E-state index in [1.165, 1.54) is 0 Å². The van der Waals surface area contributed by atoms with E-state index >= 15 is 0 Å². The number of alkyl halides is 2. The summed E-state index contributed by atoms with van der Waals surface area (Å²) >= 11 is 0. The number of halogens is 2. The molecule has 17 heavy (non-hydrogen) atoms. The van der Waals surface area contributed by atoms with Crippen LogP contribution in [0.5, 0.6) is 0 Å². The van der Waals surface area contributed by atoms with Crippen molar-refractivity contribution in [3.63, 3.8) is 0 Å². The molecule has 0 aromatic rings. The first-order valence-electron chi connectivity index (χ1n) is 6.76. The van der Waals surface area contributed by atoms with Crippen LogP contribution in [0.4, 0.5) is 8.78 Å².